The van der Waals surface area contributed by atoms with Crippen molar-refractivity contribution in [2.45, 2.75) is 26.4 Å². The minimum atomic E-state index is -0.567. The van der Waals surface area contributed by atoms with Crippen LogP contribution < -0.4 is 5.32 Å². The second kappa shape index (κ2) is 6.71. The van der Waals surface area contributed by atoms with Gasteiger partial charge in [-0.25, -0.2) is 4.39 Å². The van der Waals surface area contributed by atoms with Crippen LogP contribution in [-0.4, -0.2) is 36.7 Å². The molecule has 0 amide bonds. The highest BCUT2D eigenvalue weighted by Crippen LogP contribution is 2.16. The molecule has 3 nitrogen and oxygen atoms in total. The molecular weight excluding hydrogens is 231 g/mol. The summed E-state index contributed by atoms with van der Waals surface area (Å²) < 4.78 is 13.1. The average Bonchev–Trinajstić information content (AvgIpc) is 2.28. The molecule has 0 bridgehead atoms. The average molecular weight is 254 g/mol. The molecule has 1 aromatic carbocycles. The van der Waals surface area contributed by atoms with Crippen LogP contribution in [0.25, 0.3) is 0 Å². The highest BCUT2D eigenvalue weighted by Gasteiger charge is 2.14. The zero-order valence-electron chi connectivity index (χ0n) is 11.6. The highest BCUT2D eigenvalue weighted by atomic mass is 19.1. The highest BCUT2D eigenvalue weighted by molar-refractivity contribution is 5.27. The largest absolute Gasteiger partial charge is 0.505 e. The first-order valence-corrected chi connectivity index (χ1v) is 6.26. The molecule has 0 heterocycles. The third-order valence-electron chi connectivity index (χ3n) is 3.13. The van der Waals surface area contributed by atoms with Gasteiger partial charge in [-0.05, 0) is 37.7 Å². The van der Waals surface area contributed by atoms with E-state index in [1.165, 1.54) is 12.1 Å². The fourth-order valence-electron chi connectivity index (χ4n) is 2.04. The van der Waals surface area contributed by atoms with Crippen molar-refractivity contribution >= 4 is 0 Å². The third-order valence-corrected chi connectivity index (χ3v) is 3.13. The maximum Gasteiger partial charge on any atom is 0.165 e. The lowest BCUT2D eigenvalue weighted by Crippen LogP contribution is -2.41. The fraction of sp³-hybridized carbons (Fsp3) is 0.571. The Hall–Kier alpha value is -1.13. The van der Waals surface area contributed by atoms with Crippen molar-refractivity contribution in [3.63, 3.8) is 0 Å². The first-order chi connectivity index (χ1) is 8.41. The molecule has 1 aromatic rings. The minimum Gasteiger partial charge on any atom is -0.505 e. The number of benzene rings is 1. The Morgan fingerprint density at radius 2 is 2.00 bits per heavy atom. The van der Waals surface area contributed by atoms with Crippen LogP contribution in [0.2, 0.25) is 0 Å². The SMILES string of the molecule is CC(C)C(CNCc1ccc(O)c(F)c1)N(C)C. The van der Waals surface area contributed by atoms with Crippen LogP contribution in [-0.2, 0) is 6.54 Å². The standard InChI is InChI=1S/C14H23FN2O/c1-10(2)13(17(3)4)9-16-8-11-5-6-14(18)12(15)7-11/h5-7,10,13,16,18H,8-9H2,1-4H3. The molecule has 0 spiro atoms. The van der Waals surface area contributed by atoms with Gasteiger partial charge in [0.15, 0.2) is 11.6 Å². The van der Waals surface area contributed by atoms with Gasteiger partial charge in [0.2, 0.25) is 0 Å². The van der Waals surface area contributed by atoms with Crippen LogP contribution in [0.3, 0.4) is 0 Å². The molecule has 1 unspecified atom stereocenters. The maximum atomic E-state index is 13.1. The summed E-state index contributed by atoms with van der Waals surface area (Å²) in [5.41, 5.74) is 0.839. The number of halogens is 1. The van der Waals surface area contributed by atoms with Crippen LogP contribution >= 0.6 is 0 Å². The summed E-state index contributed by atoms with van der Waals surface area (Å²) in [6.07, 6.45) is 0. The molecule has 2 N–H and O–H groups in total. The Balaban J connectivity index is 2.47. The van der Waals surface area contributed by atoms with Gasteiger partial charge < -0.3 is 15.3 Å². The molecule has 0 aliphatic heterocycles. The predicted molar refractivity (Wildman–Crippen MR) is 72.1 cm³/mol. The molecular formula is C14H23FN2O. The summed E-state index contributed by atoms with van der Waals surface area (Å²) >= 11 is 0. The van der Waals surface area contributed by atoms with Gasteiger partial charge in [0.05, 0.1) is 0 Å². The molecule has 1 atom stereocenters. The Morgan fingerprint density at radius 1 is 1.33 bits per heavy atom. The van der Waals surface area contributed by atoms with Crippen LogP contribution in [0.1, 0.15) is 19.4 Å². The molecule has 0 radical (unpaired) electrons. The lowest BCUT2D eigenvalue weighted by Gasteiger charge is -2.28. The van der Waals surface area contributed by atoms with Gasteiger partial charge >= 0.3 is 0 Å². The molecule has 102 valence electrons. The summed E-state index contributed by atoms with van der Waals surface area (Å²) in [7, 11) is 4.12. The van der Waals surface area contributed by atoms with Gasteiger partial charge in [-0.15, -0.1) is 0 Å². The van der Waals surface area contributed by atoms with Gasteiger partial charge in [0.1, 0.15) is 0 Å². The molecule has 0 fully saturated rings. The van der Waals surface area contributed by atoms with Crippen molar-refractivity contribution < 1.29 is 9.50 Å². The number of rotatable bonds is 6. The zero-order valence-corrected chi connectivity index (χ0v) is 11.6. The van der Waals surface area contributed by atoms with Gasteiger partial charge in [0, 0.05) is 19.1 Å². The van der Waals surface area contributed by atoms with Gasteiger partial charge in [0.25, 0.3) is 0 Å². The molecule has 4 heteroatoms. The van der Waals surface area contributed by atoms with E-state index < -0.39 is 5.82 Å². The van der Waals surface area contributed by atoms with E-state index in [1.54, 1.807) is 6.07 Å². The Kier molecular flexibility index (Phi) is 5.56. The Bertz CT molecular complexity index is 372. The number of likely N-dealkylation sites (N-methyl/N-ethyl adjacent to an activating group) is 1. The number of phenolic OH excluding ortho intramolecular Hbond substituents is 1. The molecule has 0 aliphatic rings. The van der Waals surface area contributed by atoms with Crippen LogP contribution in [0.5, 0.6) is 5.75 Å². The summed E-state index contributed by atoms with van der Waals surface area (Å²) in [6, 6.07) is 4.93. The minimum absolute atomic E-state index is 0.299. The van der Waals surface area contributed by atoms with Crippen molar-refractivity contribution in [3.05, 3.63) is 29.6 Å². The Morgan fingerprint density at radius 3 is 2.50 bits per heavy atom. The predicted octanol–water partition coefficient (Wildman–Crippen LogP) is 2.21. The van der Waals surface area contributed by atoms with E-state index in [2.05, 4.69) is 38.2 Å². The Labute approximate surface area is 109 Å². The van der Waals surface area contributed by atoms with Crippen molar-refractivity contribution in [1.82, 2.24) is 10.2 Å². The first kappa shape index (κ1) is 14.9. The second-order valence-electron chi connectivity index (χ2n) is 5.19. The van der Waals surface area contributed by atoms with Crippen molar-refractivity contribution in [2.75, 3.05) is 20.6 Å². The lowest BCUT2D eigenvalue weighted by atomic mass is 10.0. The number of hydrogen-bond donors (Lipinski definition) is 2. The number of aromatic hydroxyl groups is 1. The maximum absolute atomic E-state index is 13.1. The van der Waals surface area contributed by atoms with E-state index in [4.69, 9.17) is 5.11 Å². The van der Waals surface area contributed by atoms with E-state index >= 15 is 0 Å². The normalized spacial score (nSPS) is 13.3. The summed E-state index contributed by atoms with van der Waals surface area (Å²) in [5.74, 6) is -0.307. The monoisotopic (exact) mass is 254 g/mol. The number of nitrogens with one attached hydrogen (secondary N) is 1. The van der Waals surface area contributed by atoms with E-state index in [9.17, 15) is 4.39 Å². The van der Waals surface area contributed by atoms with Crippen molar-refractivity contribution in [3.8, 4) is 5.75 Å². The summed E-state index contributed by atoms with van der Waals surface area (Å²) in [6.45, 7) is 5.83. The molecule has 1 rings (SSSR count). The molecule has 0 saturated heterocycles. The van der Waals surface area contributed by atoms with Gasteiger partial charge in [-0.3, -0.25) is 0 Å². The third kappa shape index (κ3) is 4.27. The number of hydrogen-bond acceptors (Lipinski definition) is 3. The van der Waals surface area contributed by atoms with Crippen molar-refractivity contribution in [2.24, 2.45) is 5.92 Å². The second-order valence-corrected chi connectivity index (χ2v) is 5.19. The van der Waals surface area contributed by atoms with E-state index in [-0.39, 0.29) is 5.75 Å². The van der Waals surface area contributed by atoms with Crippen molar-refractivity contribution in [1.29, 1.82) is 0 Å². The first-order valence-electron chi connectivity index (χ1n) is 6.26. The molecule has 18 heavy (non-hydrogen) atoms. The molecule has 0 aromatic heterocycles. The van der Waals surface area contributed by atoms with Gasteiger partial charge in [-0.1, -0.05) is 19.9 Å². The number of nitrogens with zero attached hydrogens (tertiary/aromatic N) is 1. The smallest absolute Gasteiger partial charge is 0.165 e. The van der Waals surface area contributed by atoms with Crippen LogP contribution in [0.15, 0.2) is 18.2 Å². The van der Waals surface area contributed by atoms with E-state index in [1.807, 2.05) is 0 Å². The summed E-state index contributed by atoms with van der Waals surface area (Å²) in [5, 5.41) is 12.4. The van der Waals surface area contributed by atoms with Crippen LogP contribution in [0.4, 0.5) is 4.39 Å². The lowest BCUT2D eigenvalue weighted by molar-refractivity contribution is 0.224. The fourth-order valence-corrected chi connectivity index (χ4v) is 2.04. The van der Waals surface area contributed by atoms with Gasteiger partial charge in [-0.2, -0.15) is 0 Å². The van der Waals surface area contributed by atoms with Crippen LogP contribution in [0, 0.1) is 11.7 Å². The quantitative estimate of drug-likeness (QED) is 0.817. The van der Waals surface area contributed by atoms with E-state index in [0.29, 0.717) is 18.5 Å². The zero-order chi connectivity index (χ0) is 13.7. The van der Waals surface area contributed by atoms with E-state index in [0.717, 1.165) is 12.1 Å². The number of phenols is 1. The summed E-state index contributed by atoms with van der Waals surface area (Å²) in [4.78, 5) is 2.19. The topological polar surface area (TPSA) is 35.5 Å². The molecule has 0 saturated carbocycles. The molecule has 0 aliphatic carbocycles.